The van der Waals surface area contributed by atoms with Crippen LogP contribution < -0.4 is 4.74 Å². The summed E-state index contributed by atoms with van der Waals surface area (Å²) in [4.78, 5) is 11.7. The van der Waals surface area contributed by atoms with Crippen molar-refractivity contribution < 1.29 is 19.4 Å². The molecule has 0 unspecified atom stereocenters. The summed E-state index contributed by atoms with van der Waals surface area (Å²) in [7, 11) is 0. The summed E-state index contributed by atoms with van der Waals surface area (Å²) in [6.07, 6.45) is -0.793. The van der Waals surface area contributed by atoms with Gasteiger partial charge in [-0.3, -0.25) is 4.79 Å². The molecule has 33 heavy (non-hydrogen) atoms. The number of ether oxygens (including phenoxy) is 2. The van der Waals surface area contributed by atoms with Crippen LogP contribution in [0, 0.1) is 13.8 Å². The number of carbonyl (C=O) groups is 1. The number of aliphatic hydroxyl groups excluding tert-OH is 1. The normalized spacial score (nSPS) is 18.3. The third-order valence-corrected chi connectivity index (χ3v) is 6.32. The first kappa shape index (κ1) is 23.6. The summed E-state index contributed by atoms with van der Waals surface area (Å²) < 4.78 is 11.7. The number of cyclic esters (lactones) is 1. The molecule has 172 valence electrons. The zero-order chi connectivity index (χ0) is 23.5. The number of carbonyl (C=O) groups excluding carboxylic acids is 1. The van der Waals surface area contributed by atoms with Crippen molar-refractivity contribution in [3.05, 3.63) is 98.5 Å². The van der Waals surface area contributed by atoms with Crippen LogP contribution in [0.5, 0.6) is 5.75 Å². The first-order valence-corrected chi connectivity index (χ1v) is 11.7. The fraction of sp³-hybridized carbons (Fsp3) is 0.296. The maximum absolute atomic E-state index is 11.7. The summed E-state index contributed by atoms with van der Waals surface area (Å²) >= 11 is 12.3. The number of aliphatic hydroxyl groups is 1. The number of halogens is 2. The predicted octanol–water partition coefficient (Wildman–Crippen LogP) is 6.24. The molecule has 6 heteroatoms. The number of hydrogen-bond acceptors (Lipinski definition) is 4. The van der Waals surface area contributed by atoms with Gasteiger partial charge < -0.3 is 14.6 Å². The van der Waals surface area contributed by atoms with Gasteiger partial charge in [-0.2, -0.15) is 0 Å². The van der Waals surface area contributed by atoms with E-state index in [0.29, 0.717) is 16.5 Å². The van der Waals surface area contributed by atoms with Gasteiger partial charge in [-0.25, -0.2) is 0 Å². The molecule has 1 aliphatic rings. The van der Waals surface area contributed by atoms with Gasteiger partial charge in [0.25, 0.3) is 0 Å². The minimum Gasteiger partial charge on any atom is -0.489 e. The van der Waals surface area contributed by atoms with Gasteiger partial charge in [0.2, 0.25) is 0 Å². The molecule has 0 aliphatic carbocycles. The topological polar surface area (TPSA) is 55.8 Å². The molecule has 1 N–H and O–H groups in total. The van der Waals surface area contributed by atoms with Crippen LogP contribution in [0.2, 0.25) is 10.0 Å². The molecule has 4 rings (SSSR count). The second kappa shape index (κ2) is 10.2. The molecule has 3 aromatic carbocycles. The Kier molecular flexibility index (Phi) is 7.28. The fourth-order valence-electron chi connectivity index (χ4n) is 4.40. The standard InChI is InChI=1S/C27H26Cl2O4/c1-16-11-17(2)27(32-15-23-13-22(30)14-25(31)33-23)24(12-16)26(18-3-7-20(28)8-4-18)19-5-9-21(29)10-6-19/h3-12,22-23,26,30H,13-15H2,1-2H3/t22-,23+/m1/s1. The highest BCUT2D eigenvalue weighted by molar-refractivity contribution is 6.30. The lowest BCUT2D eigenvalue weighted by Crippen LogP contribution is -2.36. The van der Waals surface area contributed by atoms with Crippen LogP contribution in [-0.4, -0.2) is 29.9 Å². The van der Waals surface area contributed by atoms with E-state index in [1.165, 1.54) is 0 Å². The quantitative estimate of drug-likeness (QED) is 0.332. The lowest BCUT2D eigenvalue weighted by atomic mass is 9.83. The molecule has 1 heterocycles. The molecular formula is C27H26Cl2O4. The van der Waals surface area contributed by atoms with E-state index in [2.05, 4.69) is 19.1 Å². The average molecular weight is 485 g/mol. The molecule has 0 spiro atoms. The van der Waals surface area contributed by atoms with E-state index in [4.69, 9.17) is 32.7 Å². The van der Waals surface area contributed by atoms with Gasteiger partial charge in [-0.15, -0.1) is 0 Å². The van der Waals surface area contributed by atoms with E-state index < -0.39 is 18.2 Å². The highest BCUT2D eigenvalue weighted by atomic mass is 35.5. The Hall–Kier alpha value is -2.53. The molecular weight excluding hydrogens is 459 g/mol. The highest BCUT2D eigenvalue weighted by Gasteiger charge is 2.29. The molecule has 1 fully saturated rings. The number of rotatable bonds is 6. The van der Waals surface area contributed by atoms with Crippen LogP contribution in [0.4, 0.5) is 0 Å². The SMILES string of the molecule is Cc1cc(C)c(OC[C@@H]2C[C@@H](O)CC(=O)O2)c(C(c2ccc(Cl)cc2)c2ccc(Cl)cc2)c1. The Balaban J connectivity index is 1.75. The first-order chi connectivity index (χ1) is 15.8. The maximum atomic E-state index is 11.7. The third kappa shape index (κ3) is 5.70. The van der Waals surface area contributed by atoms with E-state index in [0.717, 1.165) is 33.6 Å². The zero-order valence-electron chi connectivity index (χ0n) is 18.6. The summed E-state index contributed by atoms with van der Waals surface area (Å²) in [5.41, 5.74) is 5.23. The second-order valence-corrected chi connectivity index (χ2v) is 9.43. The minimum absolute atomic E-state index is 0.0283. The van der Waals surface area contributed by atoms with E-state index in [9.17, 15) is 9.90 Å². The molecule has 0 bridgehead atoms. The molecule has 0 amide bonds. The van der Waals surface area contributed by atoms with Gasteiger partial charge in [0.1, 0.15) is 18.5 Å². The van der Waals surface area contributed by atoms with E-state index >= 15 is 0 Å². The van der Waals surface area contributed by atoms with Gasteiger partial charge in [-0.05, 0) is 54.8 Å². The van der Waals surface area contributed by atoms with Crippen molar-refractivity contribution in [3.8, 4) is 5.75 Å². The van der Waals surface area contributed by atoms with E-state index in [-0.39, 0.29) is 18.9 Å². The Morgan fingerprint density at radius 1 is 1.00 bits per heavy atom. The Labute approximate surface area is 204 Å². The van der Waals surface area contributed by atoms with Crippen molar-refractivity contribution in [2.45, 2.75) is 44.8 Å². The number of hydrogen-bond donors (Lipinski definition) is 1. The molecule has 2 atom stereocenters. The van der Waals surface area contributed by atoms with Crippen molar-refractivity contribution in [2.75, 3.05) is 6.61 Å². The molecule has 0 aromatic heterocycles. The van der Waals surface area contributed by atoms with Crippen LogP contribution >= 0.6 is 23.2 Å². The minimum atomic E-state index is -0.700. The summed E-state index contributed by atoms with van der Waals surface area (Å²) in [5.74, 6) is 0.225. The monoisotopic (exact) mass is 484 g/mol. The van der Waals surface area contributed by atoms with Crippen LogP contribution in [0.25, 0.3) is 0 Å². The molecule has 0 radical (unpaired) electrons. The molecule has 1 aliphatic heterocycles. The Morgan fingerprint density at radius 3 is 2.12 bits per heavy atom. The Morgan fingerprint density at radius 2 is 1.58 bits per heavy atom. The fourth-order valence-corrected chi connectivity index (χ4v) is 4.65. The lowest BCUT2D eigenvalue weighted by molar-refractivity contribution is -0.162. The number of esters is 1. The van der Waals surface area contributed by atoms with Crippen molar-refractivity contribution in [1.82, 2.24) is 0 Å². The van der Waals surface area contributed by atoms with E-state index in [1.807, 2.05) is 55.5 Å². The molecule has 1 saturated heterocycles. The summed E-state index contributed by atoms with van der Waals surface area (Å²) in [5, 5.41) is 11.3. The second-order valence-electron chi connectivity index (χ2n) is 8.55. The van der Waals surface area contributed by atoms with Gasteiger partial charge in [-0.1, -0.05) is 65.2 Å². The average Bonchev–Trinajstić information content (AvgIpc) is 2.75. The van der Waals surface area contributed by atoms with Crippen molar-refractivity contribution in [3.63, 3.8) is 0 Å². The molecule has 4 nitrogen and oxygen atoms in total. The lowest BCUT2D eigenvalue weighted by Gasteiger charge is -2.28. The van der Waals surface area contributed by atoms with Gasteiger partial charge in [0.15, 0.2) is 0 Å². The van der Waals surface area contributed by atoms with Crippen LogP contribution in [0.3, 0.4) is 0 Å². The van der Waals surface area contributed by atoms with Crippen molar-refractivity contribution in [1.29, 1.82) is 0 Å². The molecule has 0 saturated carbocycles. The summed E-state index contributed by atoms with van der Waals surface area (Å²) in [6, 6.07) is 19.8. The number of aryl methyl sites for hydroxylation is 2. The summed E-state index contributed by atoms with van der Waals surface area (Å²) in [6.45, 7) is 4.24. The van der Waals surface area contributed by atoms with Crippen molar-refractivity contribution in [2.24, 2.45) is 0 Å². The Bertz CT molecular complexity index is 1080. The largest absolute Gasteiger partial charge is 0.489 e. The van der Waals surface area contributed by atoms with Crippen LogP contribution in [0.15, 0.2) is 60.7 Å². The van der Waals surface area contributed by atoms with Crippen molar-refractivity contribution >= 4 is 29.2 Å². The predicted molar refractivity (Wildman–Crippen MR) is 130 cm³/mol. The highest BCUT2D eigenvalue weighted by Crippen LogP contribution is 2.40. The van der Waals surface area contributed by atoms with Crippen LogP contribution in [0.1, 0.15) is 46.6 Å². The first-order valence-electron chi connectivity index (χ1n) is 10.9. The van der Waals surface area contributed by atoms with Gasteiger partial charge in [0, 0.05) is 27.9 Å². The third-order valence-electron chi connectivity index (χ3n) is 5.81. The maximum Gasteiger partial charge on any atom is 0.308 e. The molecule has 3 aromatic rings. The van der Waals surface area contributed by atoms with Gasteiger partial charge in [0.05, 0.1) is 12.5 Å². The smallest absolute Gasteiger partial charge is 0.308 e. The van der Waals surface area contributed by atoms with Gasteiger partial charge >= 0.3 is 5.97 Å². The van der Waals surface area contributed by atoms with Crippen LogP contribution in [-0.2, 0) is 9.53 Å². The number of benzene rings is 3. The zero-order valence-corrected chi connectivity index (χ0v) is 20.1. The van der Waals surface area contributed by atoms with E-state index in [1.54, 1.807) is 0 Å².